The maximum Gasteiger partial charge on any atom is 0.344 e. The van der Waals surface area contributed by atoms with Gasteiger partial charge < -0.3 is 24.8 Å². The van der Waals surface area contributed by atoms with Gasteiger partial charge in [0.05, 0.1) is 12.6 Å². The quantitative estimate of drug-likeness (QED) is 0.170. The van der Waals surface area contributed by atoms with Gasteiger partial charge in [-0.1, -0.05) is 41.0 Å². The molecule has 1 aromatic carbocycles. The summed E-state index contributed by atoms with van der Waals surface area (Å²) >= 11 is 0. The fraction of sp³-hybridized carbons (Fsp3) is 0.645. The lowest BCUT2D eigenvalue weighted by atomic mass is 9.98. The van der Waals surface area contributed by atoms with Crippen LogP contribution < -0.4 is 25.5 Å². The van der Waals surface area contributed by atoms with Gasteiger partial charge in [0.1, 0.15) is 17.5 Å². The number of nitrogens with zero attached hydrogens (tertiary/aromatic N) is 1. The van der Waals surface area contributed by atoms with Crippen molar-refractivity contribution >= 4 is 29.5 Å². The molecule has 1 saturated heterocycles. The minimum absolute atomic E-state index is 0.0298. The molecule has 1 aliphatic rings. The molecule has 1 aliphatic heterocycles. The Labute approximate surface area is 254 Å². The van der Waals surface area contributed by atoms with Crippen LogP contribution in [-0.4, -0.2) is 79.5 Å². The monoisotopic (exact) mass is 604 g/mol. The highest BCUT2D eigenvalue weighted by Gasteiger charge is 2.35. The number of hydrazine groups is 1. The van der Waals surface area contributed by atoms with E-state index in [1.807, 2.05) is 13.8 Å². The first kappa shape index (κ1) is 35.5. The Morgan fingerprint density at radius 2 is 1.67 bits per heavy atom. The second-order valence-electron chi connectivity index (χ2n) is 11.3. The minimum atomic E-state index is -0.921. The molecule has 0 aliphatic carbocycles. The van der Waals surface area contributed by atoms with Crippen LogP contribution in [-0.2, 0) is 28.7 Å². The molecule has 1 aromatic rings. The maximum atomic E-state index is 13.2. The Balaban J connectivity index is 1.84. The number of ether oxygens (including phenoxy) is 3. The van der Waals surface area contributed by atoms with Crippen molar-refractivity contribution in [3.8, 4) is 11.5 Å². The SMILES string of the molecule is CCCCOc1ccc(OCC(=O)OCC(=O)[C@H](NC(=O)[C@@H]2CCCNN2C(=O)CCNC(=O)CC(C)C)C(C)C)cc1. The van der Waals surface area contributed by atoms with E-state index in [1.54, 1.807) is 38.1 Å². The third-order valence-corrected chi connectivity index (χ3v) is 6.71. The smallest absolute Gasteiger partial charge is 0.344 e. The van der Waals surface area contributed by atoms with Gasteiger partial charge in [0.25, 0.3) is 0 Å². The van der Waals surface area contributed by atoms with E-state index in [9.17, 15) is 24.0 Å². The molecule has 0 bridgehead atoms. The van der Waals surface area contributed by atoms with Gasteiger partial charge in [-0.05, 0) is 55.4 Å². The lowest BCUT2D eigenvalue weighted by Gasteiger charge is -2.36. The number of hydrogen-bond acceptors (Lipinski definition) is 9. The number of ketones is 1. The largest absolute Gasteiger partial charge is 0.494 e. The molecule has 0 unspecified atom stereocenters. The Hall–Kier alpha value is -3.67. The summed E-state index contributed by atoms with van der Waals surface area (Å²) in [4.78, 5) is 63.2. The molecule has 3 N–H and O–H groups in total. The topological polar surface area (TPSA) is 152 Å². The van der Waals surface area contributed by atoms with Crippen LogP contribution in [0.25, 0.3) is 0 Å². The van der Waals surface area contributed by atoms with E-state index in [1.165, 1.54) is 5.01 Å². The molecule has 2 atom stereocenters. The van der Waals surface area contributed by atoms with Crippen molar-refractivity contribution in [1.29, 1.82) is 0 Å². The van der Waals surface area contributed by atoms with Crippen molar-refractivity contribution in [1.82, 2.24) is 21.1 Å². The van der Waals surface area contributed by atoms with E-state index in [4.69, 9.17) is 14.2 Å². The number of carbonyl (C=O) groups excluding carboxylic acids is 5. The summed E-state index contributed by atoms with van der Waals surface area (Å²) in [5.41, 5.74) is 2.97. The number of unbranched alkanes of at least 4 members (excludes halogenated alkanes) is 1. The Bertz CT molecular complexity index is 1060. The van der Waals surface area contributed by atoms with E-state index in [0.717, 1.165) is 12.8 Å². The average molecular weight is 605 g/mol. The van der Waals surface area contributed by atoms with E-state index < -0.39 is 36.4 Å². The standard InChI is InChI=1S/C31H48N4O8/c1-6-7-17-41-23-10-12-24(13-11-23)42-20-29(39)43-19-26(36)30(22(4)5)34-31(40)25-9-8-15-33-35(25)28(38)14-16-32-27(37)18-21(2)3/h10-13,21-22,25,30,33H,6-9,14-20H2,1-5H3,(H,32,37)(H,34,40)/t25-,30+/m0/s1. The number of esters is 1. The van der Waals surface area contributed by atoms with E-state index in [-0.39, 0.29) is 43.2 Å². The molecule has 2 rings (SSSR count). The molecule has 0 radical (unpaired) electrons. The van der Waals surface area contributed by atoms with Gasteiger partial charge >= 0.3 is 5.97 Å². The predicted octanol–water partition coefficient (Wildman–Crippen LogP) is 2.55. The molecule has 12 heteroatoms. The second-order valence-corrected chi connectivity index (χ2v) is 11.3. The van der Waals surface area contributed by atoms with Crippen molar-refractivity contribution in [2.75, 3.05) is 32.9 Å². The van der Waals surface area contributed by atoms with Crippen molar-refractivity contribution in [2.24, 2.45) is 11.8 Å². The molecule has 0 saturated carbocycles. The summed E-state index contributed by atoms with van der Waals surface area (Å²) in [6.45, 7) is 9.90. The van der Waals surface area contributed by atoms with Gasteiger partial charge in [0.2, 0.25) is 17.7 Å². The van der Waals surface area contributed by atoms with Gasteiger partial charge in [-0.25, -0.2) is 10.2 Å². The van der Waals surface area contributed by atoms with Crippen molar-refractivity contribution in [3.05, 3.63) is 24.3 Å². The number of amides is 3. The number of rotatable bonds is 18. The first-order chi connectivity index (χ1) is 20.5. The number of carbonyl (C=O) groups is 5. The third kappa shape index (κ3) is 13.0. The minimum Gasteiger partial charge on any atom is -0.494 e. The zero-order chi connectivity index (χ0) is 31.8. The van der Waals surface area contributed by atoms with Crippen molar-refractivity contribution in [3.63, 3.8) is 0 Å². The molecule has 1 heterocycles. The summed E-state index contributed by atoms with van der Waals surface area (Å²) in [5.74, 6) is -1.05. The maximum absolute atomic E-state index is 13.2. The van der Waals surface area contributed by atoms with Crippen LogP contribution >= 0.6 is 0 Å². The van der Waals surface area contributed by atoms with Gasteiger partial charge in [-0.2, -0.15) is 0 Å². The predicted molar refractivity (Wildman–Crippen MR) is 160 cm³/mol. The summed E-state index contributed by atoms with van der Waals surface area (Å²) < 4.78 is 16.2. The molecule has 12 nitrogen and oxygen atoms in total. The summed E-state index contributed by atoms with van der Waals surface area (Å²) in [7, 11) is 0. The van der Waals surface area contributed by atoms with Crippen LogP contribution in [0.5, 0.6) is 11.5 Å². The summed E-state index contributed by atoms with van der Waals surface area (Å²) in [5, 5.41) is 6.76. The Morgan fingerprint density at radius 3 is 2.30 bits per heavy atom. The summed E-state index contributed by atoms with van der Waals surface area (Å²) in [6.07, 6.45) is 3.48. The van der Waals surface area contributed by atoms with Gasteiger partial charge in [0.15, 0.2) is 19.0 Å². The molecule has 1 fully saturated rings. The Morgan fingerprint density at radius 1 is 1.00 bits per heavy atom. The fourth-order valence-corrected chi connectivity index (χ4v) is 4.38. The first-order valence-electron chi connectivity index (χ1n) is 15.2. The second kappa shape index (κ2) is 18.8. The Kier molecular flexibility index (Phi) is 15.5. The molecule has 0 aromatic heterocycles. The van der Waals surface area contributed by atoms with Crippen LogP contribution in [0.1, 0.15) is 73.1 Å². The third-order valence-electron chi connectivity index (χ3n) is 6.71. The van der Waals surface area contributed by atoms with Gasteiger partial charge in [-0.3, -0.25) is 24.2 Å². The van der Waals surface area contributed by atoms with Crippen LogP contribution in [0.3, 0.4) is 0 Å². The van der Waals surface area contributed by atoms with Crippen LogP contribution in [0, 0.1) is 11.8 Å². The van der Waals surface area contributed by atoms with E-state index in [0.29, 0.717) is 43.9 Å². The highest BCUT2D eigenvalue weighted by molar-refractivity contribution is 5.94. The van der Waals surface area contributed by atoms with E-state index in [2.05, 4.69) is 23.0 Å². The molecule has 240 valence electrons. The summed E-state index contributed by atoms with van der Waals surface area (Å²) in [6, 6.07) is 5.12. The molecule has 3 amide bonds. The number of nitrogens with one attached hydrogen (secondary N) is 3. The number of hydrogen-bond donors (Lipinski definition) is 3. The first-order valence-corrected chi connectivity index (χ1v) is 15.2. The lowest BCUT2D eigenvalue weighted by molar-refractivity contribution is -0.151. The van der Waals surface area contributed by atoms with Crippen LogP contribution in [0.2, 0.25) is 0 Å². The lowest BCUT2D eigenvalue weighted by Crippen LogP contribution is -2.61. The molecule has 0 spiro atoms. The normalized spacial score (nSPS) is 15.5. The molecular formula is C31H48N4O8. The zero-order valence-corrected chi connectivity index (χ0v) is 26.1. The number of Topliss-reactive ketones (excluding diaryl/α,β-unsaturated/α-hetero) is 1. The zero-order valence-electron chi connectivity index (χ0n) is 26.1. The van der Waals surface area contributed by atoms with Gasteiger partial charge in [-0.15, -0.1) is 0 Å². The fourth-order valence-electron chi connectivity index (χ4n) is 4.38. The average Bonchev–Trinajstić information content (AvgIpc) is 2.97. The highest BCUT2D eigenvalue weighted by Crippen LogP contribution is 2.18. The highest BCUT2D eigenvalue weighted by atomic mass is 16.6. The van der Waals surface area contributed by atoms with Crippen LogP contribution in [0.15, 0.2) is 24.3 Å². The van der Waals surface area contributed by atoms with Crippen LogP contribution in [0.4, 0.5) is 0 Å². The number of benzene rings is 1. The van der Waals surface area contributed by atoms with Crippen molar-refractivity contribution < 1.29 is 38.2 Å². The molecule has 43 heavy (non-hydrogen) atoms. The van der Waals surface area contributed by atoms with Gasteiger partial charge in [0, 0.05) is 25.9 Å². The van der Waals surface area contributed by atoms with Crippen molar-refractivity contribution in [2.45, 2.75) is 85.2 Å². The van der Waals surface area contributed by atoms with E-state index >= 15 is 0 Å². The molecular weight excluding hydrogens is 556 g/mol.